The lowest BCUT2D eigenvalue weighted by Gasteiger charge is -2.32. The van der Waals surface area contributed by atoms with Crippen LogP contribution in [0.15, 0.2) is 42.9 Å². The summed E-state index contributed by atoms with van der Waals surface area (Å²) in [7, 11) is 0. The number of aromatic nitrogens is 2. The summed E-state index contributed by atoms with van der Waals surface area (Å²) in [5.41, 5.74) is 1.26. The van der Waals surface area contributed by atoms with Gasteiger partial charge in [0.25, 0.3) is 0 Å². The van der Waals surface area contributed by atoms with Gasteiger partial charge in [0.2, 0.25) is 5.88 Å². The van der Waals surface area contributed by atoms with E-state index in [1.54, 1.807) is 12.3 Å². The average molecular weight is 318 g/mol. The van der Waals surface area contributed by atoms with Gasteiger partial charge in [0, 0.05) is 37.6 Å². The fourth-order valence-corrected chi connectivity index (χ4v) is 3.03. The van der Waals surface area contributed by atoms with E-state index in [4.69, 9.17) is 16.3 Å². The number of ether oxygens (including phenoxy) is 1. The molecule has 4 nitrogen and oxygen atoms in total. The Morgan fingerprint density at radius 2 is 2.18 bits per heavy atom. The van der Waals surface area contributed by atoms with Crippen LogP contribution >= 0.6 is 11.6 Å². The number of hydrogen-bond donors (Lipinski definition) is 0. The van der Waals surface area contributed by atoms with Gasteiger partial charge >= 0.3 is 0 Å². The molecule has 2 aromatic rings. The Hall–Kier alpha value is -1.65. The number of rotatable bonds is 5. The van der Waals surface area contributed by atoms with Crippen molar-refractivity contribution in [3.63, 3.8) is 0 Å². The fraction of sp³-hybridized carbons (Fsp3) is 0.412. The molecule has 0 saturated carbocycles. The first-order chi connectivity index (χ1) is 10.8. The SMILES string of the molecule is Clc1cccnc1OCC1CCCN(Cc2cccnc2)C1. The number of nitrogens with zero attached hydrogens (tertiary/aromatic N) is 3. The number of halogens is 1. The van der Waals surface area contributed by atoms with Crippen LogP contribution in [0.25, 0.3) is 0 Å². The van der Waals surface area contributed by atoms with Crippen molar-refractivity contribution in [1.82, 2.24) is 14.9 Å². The first kappa shape index (κ1) is 15.3. The summed E-state index contributed by atoms with van der Waals surface area (Å²) in [6, 6.07) is 7.73. The topological polar surface area (TPSA) is 38.2 Å². The third-order valence-corrected chi connectivity index (χ3v) is 4.20. The van der Waals surface area contributed by atoms with Crippen LogP contribution in [0.3, 0.4) is 0 Å². The van der Waals surface area contributed by atoms with E-state index < -0.39 is 0 Å². The van der Waals surface area contributed by atoms with Crippen LogP contribution < -0.4 is 4.74 Å². The second kappa shape index (κ2) is 7.56. The quantitative estimate of drug-likeness (QED) is 0.847. The minimum Gasteiger partial charge on any atom is -0.476 e. The van der Waals surface area contributed by atoms with Crippen molar-refractivity contribution in [2.24, 2.45) is 5.92 Å². The summed E-state index contributed by atoms with van der Waals surface area (Å²) in [5, 5.41) is 0.575. The molecule has 1 aliphatic heterocycles. The van der Waals surface area contributed by atoms with Crippen molar-refractivity contribution in [2.45, 2.75) is 19.4 Å². The van der Waals surface area contributed by atoms with Crippen LogP contribution in [-0.2, 0) is 6.54 Å². The molecule has 1 atom stereocenters. The van der Waals surface area contributed by atoms with Crippen molar-refractivity contribution >= 4 is 11.6 Å². The van der Waals surface area contributed by atoms with Crippen molar-refractivity contribution < 1.29 is 4.74 Å². The molecule has 3 heterocycles. The lowest BCUT2D eigenvalue weighted by Crippen LogP contribution is -2.37. The minimum atomic E-state index is 0.517. The van der Waals surface area contributed by atoms with E-state index in [-0.39, 0.29) is 0 Å². The number of likely N-dealkylation sites (tertiary alicyclic amines) is 1. The monoisotopic (exact) mass is 317 g/mol. The molecule has 1 aliphatic rings. The summed E-state index contributed by atoms with van der Waals surface area (Å²) in [6.07, 6.45) is 7.84. The van der Waals surface area contributed by atoms with Gasteiger partial charge in [0.05, 0.1) is 6.61 Å². The molecule has 0 aliphatic carbocycles. The van der Waals surface area contributed by atoms with Gasteiger partial charge in [-0.25, -0.2) is 4.98 Å². The van der Waals surface area contributed by atoms with E-state index in [1.165, 1.54) is 18.4 Å². The first-order valence-corrected chi connectivity index (χ1v) is 8.03. The highest BCUT2D eigenvalue weighted by molar-refractivity contribution is 6.31. The van der Waals surface area contributed by atoms with E-state index in [0.717, 1.165) is 19.6 Å². The van der Waals surface area contributed by atoms with Gasteiger partial charge in [-0.15, -0.1) is 0 Å². The zero-order valence-electron chi connectivity index (χ0n) is 12.5. The molecule has 0 aromatic carbocycles. The molecule has 5 heteroatoms. The lowest BCUT2D eigenvalue weighted by atomic mass is 9.98. The van der Waals surface area contributed by atoms with Crippen LogP contribution in [0.5, 0.6) is 5.88 Å². The molecule has 0 spiro atoms. The summed E-state index contributed by atoms with van der Waals surface area (Å²) < 4.78 is 5.79. The van der Waals surface area contributed by atoms with Gasteiger partial charge in [-0.3, -0.25) is 9.88 Å². The first-order valence-electron chi connectivity index (χ1n) is 7.66. The fourth-order valence-electron chi connectivity index (χ4n) is 2.85. The highest BCUT2D eigenvalue weighted by Gasteiger charge is 2.21. The number of hydrogen-bond acceptors (Lipinski definition) is 4. The van der Waals surface area contributed by atoms with Crippen molar-refractivity contribution in [2.75, 3.05) is 19.7 Å². The molecule has 1 fully saturated rings. The average Bonchev–Trinajstić information content (AvgIpc) is 2.55. The summed E-state index contributed by atoms with van der Waals surface area (Å²) in [4.78, 5) is 10.8. The van der Waals surface area contributed by atoms with Crippen LogP contribution in [-0.4, -0.2) is 34.6 Å². The Balaban J connectivity index is 1.51. The molecule has 0 radical (unpaired) electrons. The van der Waals surface area contributed by atoms with E-state index in [2.05, 4.69) is 20.9 Å². The minimum absolute atomic E-state index is 0.517. The predicted octanol–water partition coefficient (Wildman–Crippen LogP) is 3.42. The van der Waals surface area contributed by atoms with Crippen molar-refractivity contribution in [3.8, 4) is 5.88 Å². The van der Waals surface area contributed by atoms with Crippen LogP contribution in [0, 0.1) is 5.92 Å². The maximum absolute atomic E-state index is 6.07. The zero-order valence-corrected chi connectivity index (χ0v) is 13.2. The van der Waals surface area contributed by atoms with Crippen LogP contribution in [0.4, 0.5) is 0 Å². The molecule has 1 unspecified atom stereocenters. The normalized spacial score (nSPS) is 19.0. The third kappa shape index (κ3) is 4.18. The molecule has 22 heavy (non-hydrogen) atoms. The summed E-state index contributed by atoms with van der Waals surface area (Å²) >= 11 is 6.07. The van der Waals surface area contributed by atoms with Gasteiger partial charge in [0.1, 0.15) is 5.02 Å². The van der Waals surface area contributed by atoms with Gasteiger partial charge in [-0.2, -0.15) is 0 Å². The standard InChI is InChI=1S/C17H20ClN3O/c18-16-6-2-8-20-17(16)22-13-15-5-3-9-21(12-15)11-14-4-1-7-19-10-14/h1-2,4,6-8,10,15H,3,5,9,11-13H2. The van der Waals surface area contributed by atoms with Crippen LogP contribution in [0.2, 0.25) is 5.02 Å². The summed E-state index contributed by atoms with van der Waals surface area (Å²) in [6.45, 7) is 3.80. The Morgan fingerprint density at radius 1 is 1.27 bits per heavy atom. The van der Waals surface area contributed by atoms with Gasteiger partial charge in [0.15, 0.2) is 0 Å². The Kier molecular flexibility index (Phi) is 5.24. The maximum atomic E-state index is 6.07. The molecular formula is C17H20ClN3O. The molecule has 0 N–H and O–H groups in total. The van der Waals surface area contributed by atoms with E-state index in [9.17, 15) is 0 Å². The predicted molar refractivity (Wildman–Crippen MR) is 87.0 cm³/mol. The third-order valence-electron chi connectivity index (χ3n) is 3.91. The molecule has 116 valence electrons. The largest absolute Gasteiger partial charge is 0.476 e. The Labute approximate surface area is 136 Å². The smallest absolute Gasteiger partial charge is 0.232 e. The zero-order chi connectivity index (χ0) is 15.2. The van der Waals surface area contributed by atoms with E-state index in [1.807, 2.05) is 24.5 Å². The number of pyridine rings is 2. The lowest BCUT2D eigenvalue weighted by molar-refractivity contribution is 0.123. The summed E-state index contributed by atoms with van der Waals surface area (Å²) in [5.74, 6) is 1.05. The molecular weight excluding hydrogens is 298 g/mol. The van der Waals surface area contributed by atoms with Crippen molar-refractivity contribution in [1.29, 1.82) is 0 Å². The second-order valence-electron chi connectivity index (χ2n) is 5.71. The Bertz CT molecular complexity index is 593. The van der Waals surface area contributed by atoms with Crippen molar-refractivity contribution in [3.05, 3.63) is 53.4 Å². The molecule has 3 rings (SSSR count). The van der Waals surface area contributed by atoms with Gasteiger partial charge in [-0.1, -0.05) is 17.7 Å². The van der Waals surface area contributed by atoms with Gasteiger partial charge < -0.3 is 4.74 Å². The highest BCUT2D eigenvalue weighted by Crippen LogP contribution is 2.23. The Morgan fingerprint density at radius 3 is 3.00 bits per heavy atom. The number of piperidine rings is 1. The molecule has 2 aromatic heterocycles. The molecule has 0 amide bonds. The van der Waals surface area contributed by atoms with E-state index >= 15 is 0 Å². The molecule has 0 bridgehead atoms. The second-order valence-corrected chi connectivity index (χ2v) is 6.11. The highest BCUT2D eigenvalue weighted by atomic mass is 35.5. The van der Waals surface area contributed by atoms with Gasteiger partial charge in [-0.05, 0) is 43.1 Å². The molecule has 1 saturated heterocycles. The maximum Gasteiger partial charge on any atom is 0.232 e. The van der Waals surface area contributed by atoms with Crippen LogP contribution in [0.1, 0.15) is 18.4 Å². The van der Waals surface area contributed by atoms with E-state index in [0.29, 0.717) is 23.4 Å².